The van der Waals surface area contributed by atoms with Crippen LogP contribution in [-0.2, 0) is 21.1 Å². The van der Waals surface area contributed by atoms with Gasteiger partial charge in [-0.25, -0.2) is 26.8 Å². The number of carbonyl (C=O) groups excluding carboxylic acids is 1. The van der Waals surface area contributed by atoms with Crippen LogP contribution in [0.2, 0.25) is 0 Å². The number of halogens is 2. The molecule has 2 aromatic carbocycles. The van der Waals surface area contributed by atoms with Crippen molar-refractivity contribution in [3.05, 3.63) is 58.0 Å². The maximum Gasteiger partial charge on any atom is 0.338 e. The van der Waals surface area contributed by atoms with Crippen molar-refractivity contribution in [3.63, 3.8) is 0 Å². The number of hydrogen-bond donors (Lipinski definition) is 0. The van der Waals surface area contributed by atoms with E-state index < -0.39 is 46.3 Å². The lowest BCUT2D eigenvalue weighted by molar-refractivity contribution is 0.0526. The second-order valence-electron chi connectivity index (χ2n) is 8.03. The number of alkyl halides is 2. The Labute approximate surface area is 207 Å². The van der Waals surface area contributed by atoms with E-state index in [0.717, 1.165) is 15.4 Å². The lowest BCUT2D eigenvalue weighted by atomic mass is 10.1. The van der Waals surface area contributed by atoms with E-state index in [1.807, 2.05) is 0 Å². The van der Waals surface area contributed by atoms with Gasteiger partial charge in [0.1, 0.15) is 9.84 Å². The molecule has 0 saturated heterocycles. The minimum Gasteiger partial charge on any atom is -0.493 e. The first-order valence-corrected chi connectivity index (χ1v) is 13.2. The highest BCUT2D eigenvalue weighted by molar-refractivity contribution is 7.90. The van der Waals surface area contributed by atoms with Crippen LogP contribution in [0.3, 0.4) is 0 Å². The number of sulfone groups is 1. The third kappa shape index (κ3) is 5.86. The molecule has 0 aliphatic heterocycles. The Balaban J connectivity index is 2.32. The molecule has 196 valence electrons. The van der Waals surface area contributed by atoms with Crippen LogP contribution in [0, 0.1) is 0 Å². The van der Waals surface area contributed by atoms with E-state index in [1.54, 1.807) is 32.0 Å². The summed E-state index contributed by atoms with van der Waals surface area (Å²) in [6, 6.07) is 7.78. The third-order valence-corrected chi connectivity index (χ3v) is 6.36. The monoisotopic (exact) mass is 526 g/mol. The van der Waals surface area contributed by atoms with Crippen molar-refractivity contribution >= 4 is 26.8 Å². The van der Waals surface area contributed by atoms with E-state index in [-0.39, 0.29) is 23.2 Å². The minimum absolute atomic E-state index is 0.0582. The molecule has 0 aliphatic carbocycles. The molecule has 1 aromatic heterocycles. The molecule has 0 fully saturated rings. The number of fused-ring (bicyclic) bond motifs is 1. The summed E-state index contributed by atoms with van der Waals surface area (Å²) in [5.74, 6) is -0.416. The number of ether oxygens (including phenoxy) is 3. The van der Waals surface area contributed by atoms with Gasteiger partial charge in [0.15, 0.2) is 11.5 Å². The Bertz CT molecular complexity index is 1410. The second kappa shape index (κ2) is 11.1. The number of benzene rings is 2. The number of rotatable bonds is 11. The third-order valence-electron chi connectivity index (χ3n) is 5.44. The topological polar surface area (TPSA) is 106 Å². The molecule has 12 heteroatoms. The summed E-state index contributed by atoms with van der Waals surface area (Å²) in [7, 11) is -2.20. The van der Waals surface area contributed by atoms with Gasteiger partial charge in [0, 0.05) is 6.26 Å². The lowest BCUT2D eigenvalue weighted by Crippen LogP contribution is -2.32. The molecule has 0 unspecified atom stereocenters. The predicted octanol–water partition coefficient (Wildman–Crippen LogP) is 3.29. The van der Waals surface area contributed by atoms with Crippen molar-refractivity contribution in [2.75, 3.05) is 32.3 Å². The Morgan fingerprint density at radius 3 is 2.33 bits per heavy atom. The van der Waals surface area contributed by atoms with Crippen molar-refractivity contribution in [2.45, 2.75) is 32.9 Å². The van der Waals surface area contributed by atoms with Gasteiger partial charge in [-0.3, -0.25) is 9.13 Å². The molecule has 0 saturated carbocycles. The lowest BCUT2D eigenvalue weighted by Gasteiger charge is -2.20. The normalized spacial score (nSPS) is 12.6. The van der Waals surface area contributed by atoms with E-state index in [9.17, 15) is 26.8 Å². The first-order chi connectivity index (χ1) is 17.0. The zero-order valence-electron chi connectivity index (χ0n) is 20.4. The van der Waals surface area contributed by atoms with Crippen LogP contribution in [0.5, 0.6) is 11.5 Å². The summed E-state index contributed by atoms with van der Waals surface area (Å²) in [5, 5.41) is 0. The largest absolute Gasteiger partial charge is 0.493 e. The first kappa shape index (κ1) is 27.2. The SMILES string of the molecule is CCOC(=O)c1ccc2c(c1)n(CC(F)F)c(=O)n2[C@H](CS(C)(=O)=O)c1ccc(OC)c(OCC)c1. The van der Waals surface area contributed by atoms with Gasteiger partial charge in [-0.1, -0.05) is 6.07 Å². The van der Waals surface area contributed by atoms with Crippen LogP contribution < -0.4 is 15.2 Å². The van der Waals surface area contributed by atoms with Crippen LogP contribution in [0.4, 0.5) is 8.78 Å². The molecule has 0 spiro atoms. The number of aromatic nitrogens is 2. The summed E-state index contributed by atoms with van der Waals surface area (Å²) >= 11 is 0. The first-order valence-electron chi connectivity index (χ1n) is 11.2. The van der Waals surface area contributed by atoms with E-state index in [4.69, 9.17) is 14.2 Å². The molecule has 0 aliphatic rings. The van der Waals surface area contributed by atoms with Crippen molar-refractivity contribution in [1.82, 2.24) is 9.13 Å². The van der Waals surface area contributed by atoms with Crippen molar-refractivity contribution in [1.29, 1.82) is 0 Å². The van der Waals surface area contributed by atoms with Crippen molar-refractivity contribution < 1.29 is 36.2 Å². The Morgan fingerprint density at radius 2 is 1.75 bits per heavy atom. The molecule has 0 N–H and O–H groups in total. The van der Waals surface area contributed by atoms with E-state index in [2.05, 4.69) is 0 Å². The smallest absolute Gasteiger partial charge is 0.338 e. The quantitative estimate of drug-likeness (QED) is 0.353. The number of nitrogens with zero attached hydrogens (tertiary/aromatic N) is 2. The highest BCUT2D eigenvalue weighted by Gasteiger charge is 2.28. The maximum absolute atomic E-state index is 13.5. The Kier molecular flexibility index (Phi) is 8.39. The maximum atomic E-state index is 13.5. The molecular formula is C24H28F2N2O7S. The number of esters is 1. The second-order valence-corrected chi connectivity index (χ2v) is 10.2. The summed E-state index contributed by atoms with van der Waals surface area (Å²) in [4.78, 5) is 25.7. The van der Waals surface area contributed by atoms with E-state index in [1.165, 1.54) is 25.3 Å². The molecule has 9 nitrogen and oxygen atoms in total. The van der Waals surface area contributed by atoms with Gasteiger partial charge in [0.2, 0.25) is 0 Å². The minimum atomic E-state index is -3.65. The van der Waals surface area contributed by atoms with Gasteiger partial charge in [0.05, 0.1) is 55.3 Å². The van der Waals surface area contributed by atoms with Crippen LogP contribution >= 0.6 is 0 Å². The van der Waals surface area contributed by atoms with Crippen molar-refractivity contribution in [2.24, 2.45) is 0 Å². The molecule has 0 bridgehead atoms. The van der Waals surface area contributed by atoms with Crippen LogP contribution in [0.1, 0.15) is 35.8 Å². The molecule has 3 rings (SSSR count). The van der Waals surface area contributed by atoms with Gasteiger partial charge in [-0.15, -0.1) is 0 Å². The zero-order chi connectivity index (χ0) is 26.6. The van der Waals surface area contributed by atoms with Crippen LogP contribution in [0.25, 0.3) is 11.0 Å². The summed E-state index contributed by atoms with van der Waals surface area (Å²) in [6.45, 7) is 2.87. The number of hydrogen-bond acceptors (Lipinski definition) is 7. The fourth-order valence-electron chi connectivity index (χ4n) is 4.01. The van der Waals surface area contributed by atoms with Crippen LogP contribution in [-0.4, -0.2) is 62.3 Å². The van der Waals surface area contributed by atoms with Gasteiger partial charge in [-0.05, 0) is 49.7 Å². The fourth-order valence-corrected chi connectivity index (χ4v) is 4.93. The standard InChI is InChI=1S/C24H28F2N2O7S/c1-5-34-21-12-15(8-10-20(21)33-3)19(14-36(4,31)32)28-17-9-7-16(23(29)35-6-2)11-18(17)27(24(28)30)13-22(25)26/h7-12,19,22H,5-6,13-14H2,1-4H3/t19-/m1/s1. The predicted molar refractivity (Wildman–Crippen MR) is 130 cm³/mol. The van der Waals surface area contributed by atoms with Crippen molar-refractivity contribution in [3.8, 4) is 11.5 Å². The molecule has 0 amide bonds. The molecule has 1 atom stereocenters. The van der Waals surface area contributed by atoms with E-state index >= 15 is 0 Å². The highest BCUT2D eigenvalue weighted by atomic mass is 32.2. The molecule has 0 radical (unpaired) electrons. The Hall–Kier alpha value is -3.41. The summed E-state index contributed by atoms with van der Waals surface area (Å²) < 4.78 is 69.6. The summed E-state index contributed by atoms with van der Waals surface area (Å²) in [6.07, 6.45) is -1.85. The number of imidazole rings is 1. The molecule has 36 heavy (non-hydrogen) atoms. The average molecular weight is 527 g/mol. The highest BCUT2D eigenvalue weighted by Crippen LogP contribution is 2.33. The number of methoxy groups -OCH3 is 1. The van der Waals surface area contributed by atoms with Gasteiger partial charge in [-0.2, -0.15) is 0 Å². The molecule has 1 heterocycles. The van der Waals surface area contributed by atoms with Gasteiger partial charge < -0.3 is 14.2 Å². The molecule has 3 aromatic rings. The Morgan fingerprint density at radius 1 is 1.03 bits per heavy atom. The van der Waals surface area contributed by atoms with Crippen LogP contribution in [0.15, 0.2) is 41.2 Å². The fraction of sp³-hybridized carbons (Fsp3) is 0.417. The zero-order valence-corrected chi connectivity index (χ0v) is 21.2. The number of carbonyl (C=O) groups is 1. The van der Waals surface area contributed by atoms with E-state index in [0.29, 0.717) is 23.7 Å². The van der Waals surface area contributed by atoms with Gasteiger partial charge >= 0.3 is 11.7 Å². The average Bonchev–Trinajstić information content (AvgIpc) is 3.07. The summed E-state index contributed by atoms with van der Waals surface area (Å²) in [5.41, 5.74) is -0.114. The van der Waals surface area contributed by atoms with Gasteiger partial charge in [0.25, 0.3) is 6.43 Å². The molecular weight excluding hydrogens is 498 g/mol.